The van der Waals surface area contributed by atoms with Crippen LogP contribution in [0.5, 0.6) is 0 Å². The van der Waals surface area contributed by atoms with E-state index in [1.165, 1.54) is 16.8 Å². The van der Waals surface area contributed by atoms with Crippen molar-refractivity contribution in [3.05, 3.63) is 46.3 Å². The summed E-state index contributed by atoms with van der Waals surface area (Å²) in [5, 5.41) is 11.2. The van der Waals surface area contributed by atoms with Gasteiger partial charge >= 0.3 is 0 Å². The summed E-state index contributed by atoms with van der Waals surface area (Å²) >= 11 is 0. The Balaban J connectivity index is 0.00000240. The molecule has 158 valence electrons. The molecule has 0 atom stereocenters. The number of piperazine rings is 1. The van der Waals surface area contributed by atoms with Gasteiger partial charge in [-0.3, -0.25) is 4.79 Å². The van der Waals surface area contributed by atoms with Gasteiger partial charge in [-0.25, -0.2) is 4.68 Å². The van der Waals surface area contributed by atoms with Crippen molar-refractivity contribution < 1.29 is 4.79 Å². The maximum Gasteiger partial charge on any atom is 0.272 e. The van der Waals surface area contributed by atoms with Crippen LogP contribution in [0.4, 0.5) is 0 Å². The SMILES string of the molecule is Cc1ccc(-n2nc(C(=O)NCCCN3CCNCC3)c3c2CCC3)c(C)c1.Cl. The number of halogens is 1. The van der Waals surface area contributed by atoms with E-state index in [9.17, 15) is 4.79 Å². The maximum absolute atomic E-state index is 12.8. The van der Waals surface area contributed by atoms with Gasteiger partial charge in [-0.1, -0.05) is 17.7 Å². The lowest BCUT2D eigenvalue weighted by atomic mass is 10.1. The van der Waals surface area contributed by atoms with Gasteiger partial charge in [0.25, 0.3) is 5.91 Å². The quantitative estimate of drug-likeness (QED) is 0.708. The zero-order valence-electron chi connectivity index (χ0n) is 17.5. The molecule has 1 amide bonds. The zero-order chi connectivity index (χ0) is 19.5. The third-order valence-electron chi connectivity index (χ3n) is 5.87. The first-order valence-corrected chi connectivity index (χ1v) is 10.5. The molecule has 2 aromatic rings. The van der Waals surface area contributed by atoms with E-state index < -0.39 is 0 Å². The van der Waals surface area contributed by atoms with Crippen molar-refractivity contribution in [1.29, 1.82) is 0 Å². The largest absolute Gasteiger partial charge is 0.351 e. The van der Waals surface area contributed by atoms with Crippen LogP contribution < -0.4 is 10.6 Å². The molecule has 6 nitrogen and oxygen atoms in total. The highest BCUT2D eigenvalue weighted by atomic mass is 35.5. The van der Waals surface area contributed by atoms with Gasteiger partial charge in [-0.15, -0.1) is 12.4 Å². The molecular weight excluding hydrogens is 386 g/mol. The first kappa shape index (κ1) is 21.8. The number of nitrogens with zero attached hydrogens (tertiary/aromatic N) is 3. The summed E-state index contributed by atoms with van der Waals surface area (Å²) in [5.41, 5.74) is 6.49. The minimum absolute atomic E-state index is 0. The van der Waals surface area contributed by atoms with Crippen LogP contribution in [-0.2, 0) is 12.8 Å². The molecule has 0 radical (unpaired) electrons. The molecule has 29 heavy (non-hydrogen) atoms. The molecule has 1 fully saturated rings. The Morgan fingerprint density at radius 3 is 2.76 bits per heavy atom. The average Bonchev–Trinajstić information content (AvgIpc) is 3.29. The fourth-order valence-corrected chi connectivity index (χ4v) is 4.39. The van der Waals surface area contributed by atoms with E-state index in [-0.39, 0.29) is 18.3 Å². The molecular formula is C22H32ClN5O. The van der Waals surface area contributed by atoms with E-state index in [2.05, 4.69) is 47.6 Å². The first-order chi connectivity index (χ1) is 13.6. The third kappa shape index (κ3) is 4.82. The Kier molecular flexibility index (Phi) is 7.33. The van der Waals surface area contributed by atoms with Crippen molar-refractivity contribution in [2.24, 2.45) is 0 Å². The monoisotopic (exact) mass is 417 g/mol. The van der Waals surface area contributed by atoms with E-state index >= 15 is 0 Å². The number of aromatic nitrogens is 2. The number of fused-ring (bicyclic) bond motifs is 1. The second-order valence-electron chi connectivity index (χ2n) is 8.03. The minimum Gasteiger partial charge on any atom is -0.351 e. The number of benzene rings is 1. The van der Waals surface area contributed by atoms with E-state index in [0.29, 0.717) is 12.2 Å². The third-order valence-corrected chi connectivity index (χ3v) is 5.87. The van der Waals surface area contributed by atoms with Gasteiger partial charge in [0, 0.05) is 44.0 Å². The summed E-state index contributed by atoms with van der Waals surface area (Å²) in [6.45, 7) is 10.3. The van der Waals surface area contributed by atoms with Crippen LogP contribution in [0.2, 0.25) is 0 Å². The second kappa shape index (κ2) is 9.74. The molecule has 0 bridgehead atoms. The van der Waals surface area contributed by atoms with Crippen LogP contribution >= 0.6 is 12.4 Å². The van der Waals surface area contributed by atoms with E-state index in [4.69, 9.17) is 5.10 Å². The van der Waals surface area contributed by atoms with Crippen molar-refractivity contribution in [2.75, 3.05) is 39.3 Å². The van der Waals surface area contributed by atoms with Crippen LogP contribution in [0.1, 0.15) is 45.7 Å². The lowest BCUT2D eigenvalue weighted by Crippen LogP contribution is -2.44. The van der Waals surface area contributed by atoms with Gasteiger partial charge < -0.3 is 15.5 Å². The molecule has 0 spiro atoms. The highest BCUT2D eigenvalue weighted by molar-refractivity contribution is 5.94. The maximum atomic E-state index is 12.8. The summed E-state index contributed by atoms with van der Waals surface area (Å²) < 4.78 is 2.01. The van der Waals surface area contributed by atoms with Crippen LogP contribution in [0, 0.1) is 13.8 Å². The fourth-order valence-electron chi connectivity index (χ4n) is 4.39. The number of carbonyl (C=O) groups is 1. The van der Waals surface area contributed by atoms with Crippen molar-refractivity contribution >= 4 is 18.3 Å². The summed E-state index contributed by atoms with van der Waals surface area (Å²) in [7, 11) is 0. The molecule has 1 saturated heterocycles. The van der Waals surface area contributed by atoms with Gasteiger partial charge in [0.2, 0.25) is 0 Å². The summed E-state index contributed by atoms with van der Waals surface area (Å²) in [6.07, 6.45) is 4.02. The van der Waals surface area contributed by atoms with Crippen LogP contribution in [0.3, 0.4) is 0 Å². The Morgan fingerprint density at radius 2 is 2.00 bits per heavy atom. The first-order valence-electron chi connectivity index (χ1n) is 10.5. The number of hydrogen-bond acceptors (Lipinski definition) is 4. The topological polar surface area (TPSA) is 62.2 Å². The Bertz CT molecular complexity index is 857. The van der Waals surface area contributed by atoms with E-state index in [0.717, 1.165) is 69.7 Å². The highest BCUT2D eigenvalue weighted by Crippen LogP contribution is 2.29. The molecule has 1 aliphatic heterocycles. The normalized spacial score (nSPS) is 16.3. The molecule has 4 rings (SSSR count). The molecule has 7 heteroatoms. The summed E-state index contributed by atoms with van der Waals surface area (Å²) in [5.74, 6) is -0.0259. The molecule has 1 aromatic heterocycles. The lowest BCUT2D eigenvalue weighted by Gasteiger charge is -2.27. The number of nitrogens with one attached hydrogen (secondary N) is 2. The van der Waals surface area contributed by atoms with Crippen molar-refractivity contribution in [1.82, 2.24) is 25.3 Å². The lowest BCUT2D eigenvalue weighted by molar-refractivity contribution is 0.0945. The van der Waals surface area contributed by atoms with Crippen LogP contribution in [0.15, 0.2) is 18.2 Å². The zero-order valence-corrected chi connectivity index (χ0v) is 18.3. The van der Waals surface area contributed by atoms with Crippen molar-refractivity contribution in [3.63, 3.8) is 0 Å². The molecule has 2 heterocycles. The van der Waals surface area contributed by atoms with Gasteiger partial charge in [0.15, 0.2) is 5.69 Å². The Hall–Kier alpha value is -1.89. The van der Waals surface area contributed by atoms with Gasteiger partial charge in [-0.2, -0.15) is 5.10 Å². The highest BCUT2D eigenvalue weighted by Gasteiger charge is 2.27. The predicted octanol–water partition coefficient (Wildman–Crippen LogP) is 2.42. The van der Waals surface area contributed by atoms with Crippen LogP contribution in [0.25, 0.3) is 5.69 Å². The molecule has 1 aliphatic carbocycles. The molecule has 0 saturated carbocycles. The van der Waals surface area contributed by atoms with Crippen molar-refractivity contribution in [3.8, 4) is 5.69 Å². The average molecular weight is 418 g/mol. The summed E-state index contributed by atoms with van der Waals surface area (Å²) in [4.78, 5) is 15.3. The second-order valence-corrected chi connectivity index (χ2v) is 8.03. The molecule has 2 aliphatic rings. The molecule has 1 aromatic carbocycles. The van der Waals surface area contributed by atoms with Gasteiger partial charge in [0.1, 0.15) is 0 Å². The summed E-state index contributed by atoms with van der Waals surface area (Å²) in [6, 6.07) is 6.40. The minimum atomic E-state index is -0.0259. The van der Waals surface area contributed by atoms with Crippen molar-refractivity contribution in [2.45, 2.75) is 39.5 Å². The standard InChI is InChI=1S/C22H31N5O.ClH/c1-16-7-8-19(17(2)15-16)27-20-6-3-5-18(20)21(25-27)22(28)24-9-4-12-26-13-10-23-11-14-26;/h7-8,15,23H,3-6,9-14H2,1-2H3,(H,24,28);1H. The smallest absolute Gasteiger partial charge is 0.272 e. The fraction of sp³-hybridized carbons (Fsp3) is 0.545. The van der Waals surface area contributed by atoms with Crippen LogP contribution in [-0.4, -0.2) is 59.9 Å². The molecule has 2 N–H and O–H groups in total. The number of rotatable bonds is 6. The van der Waals surface area contributed by atoms with E-state index in [1.807, 2.05) is 4.68 Å². The van der Waals surface area contributed by atoms with Gasteiger partial charge in [0.05, 0.1) is 5.69 Å². The number of amides is 1. The number of aryl methyl sites for hydroxylation is 2. The van der Waals surface area contributed by atoms with Gasteiger partial charge in [-0.05, 0) is 57.7 Å². The number of carbonyl (C=O) groups excluding carboxylic acids is 1. The number of hydrogen-bond donors (Lipinski definition) is 2. The van der Waals surface area contributed by atoms with E-state index in [1.54, 1.807) is 0 Å². The Morgan fingerprint density at radius 1 is 1.21 bits per heavy atom. The predicted molar refractivity (Wildman–Crippen MR) is 119 cm³/mol. The molecule has 0 unspecified atom stereocenters. The Labute approximate surface area is 179 Å².